The standard InChI is InChI=1S/C22H24BrClN2O2/c1-15(2)13-21(22(27)26-12-11-25)28-20(17-5-7-18(23)8-6-17)14-16-3-9-19(24)10-4-16/h3-10,15,20-21H,12-14H2,1-2H3,(H,26,27)/t20-,21+/m1/s1. The molecule has 0 bridgehead atoms. The van der Waals surface area contributed by atoms with Crippen LogP contribution in [0.4, 0.5) is 0 Å². The van der Waals surface area contributed by atoms with Gasteiger partial charge in [0.1, 0.15) is 12.6 Å². The van der Waals surface area contributed by atoms with Crippen LogP contribution >= 0.6 is 27.5 Å². The highest BCUT2D eigenvalue weighted by atomic mass is 79.9. The highest BCUT2D eigenvalue weighted by molar-refractivity contribution is 9.10. The van der Waals surface area contributed by atoms with Crippen LogP contribution < -0.4 is 5.32 Å². The Labute approximate surface area is 180 Å². The van der Waals surface area contributed by atoms with Crippen molar-refractivity contribution in [3.05, 3.63) is 69.2 Å². The van der Waals surface area contributed by atoms with Gasteiger partial charge in [0.05, 0.1) is 12.2 Å². The van der Waals surface area contributed by atoms with Crippen molar-refractivity contribution >= 4 is 33.4 Å². The normalized spacial score (nSPS) is 13.0. The SMILES string of the molecule is CC(C)C[C@H](O[C@H](Cc1ccc(Cl)cc1)c1ccc(Br)cc1)C(=O)NCC#N. The first kappa shape index (κ1) is 22.4. The average Bonchev–Trinajstić information content (AvgIpc) is 2.67. The molecule has 0 saturated heterocycles. The molecule has 2 rings (SSSR count). The molecule has 0 aromatic heterocycles. The highest BCUT2D eigenvalue weighted by Gasteiger charge is 2.25. The number of nitrogens with one attached hydrogen (secondary N) is 1. The van der Waals surface area contributed by atoms with Gasteiger partial charge in [0.15, 0.2) is 0 Å². The summed E-state index contributed by atoms with van der Waals surface area (Å²) >= 11 is 9.45. The smallest absolute Gasteiger partial charge is 0.249 e. The lowest BCUT2D eigenvalue weighted by atomic mass is 9.99. The number of carbonyl (C=O) groups excluding carboxylic acids is 1. The predicted octanol–water partition coefficient (Wildman–Crippen LogP) is 5.46. The summed E-state index contributed by atoms with van der Waals surface area (Å²) in [6.45, 7) is 4.06. The second kappa shape index (κ2) is 11.2. The van der Waals surface area contributed by atoms with Gasteiger partial charge in [-0.2, -0.15) is 5.26 Å². The molecule has 0 spiro atoms. The van der Waals surface area contributed by atoms with E-state index in [1.165, 1.54) is 0 Å². The van der Waals surface area contributed by atoms with Gasteiger partial charge in [0, 0.05) is 15.9 Å². The number of nitriles is 1. The minimum atomic E-state index is -0.630. The maximum Gasteiger partial charge on any atom is 0.249 e. The molecule has 0 unspecified atom stereocenters. The molecule has 1 amide bonds. The average molecular weight is 464 g/mol. The van der Waals surface area contributed by atoms with Crippen molar-refractivity contribution in [2.24, 2.45) is 5.92 Å². The molecule has 0 aliphatic rings. The highest BCUT2D eigenvalue weighted by Crippen LogP contribution is 2.28. The second-order valence-corrected chi connectivity index (χ2v) is 8.35. The zero-order chi connectivity index (χ0) is 20.5. The van der Waals surface area contributed by atoms with Gasteiger partial charge >= 0.3 is 0 Å². The molecule has 0 saturated carbocycles. The molecule has 148 valence electrons. The Kier molecular flexibility index (Phi) is 8.98. The maximum atomic E-state index is 12.5. The van der Waals surface area contributed by atoms with Gasteiger partial charge in [-0.05, 0) is 47.7 Å². The first-order valence-electron chi connectivity index (χ1n) is 9.19. The van der Waals surface area contributed by atoms with E-state index in [0.29, 0.717) is 17.9 Å². The zero-order valence-corrected chi connectivity index (χ0v) is 18.3. The Morgan fingerprint density at radius 3 is 2.39 bits per heavy atom. The summed E-state index contributed by atoms with van der Waals surface area (Å²) in [5.74, 6) is 0.0207. The lowest BCUT2D eigenvalue weighted by molar-refractivity contribution is -0.138. The van der Waals surface area contributed by atoms with Crippen LogP contribution in [0.1, 0.15) is 37.5 Å². The van der Waals surface area contributed by atoms with E-state index < -0.39 is 6.10 Å². The first-order chi connectivity index (χ1) is 13.4. The van der Waals surface area contributed by atoms with Crippen molar-refractivity contribution in [3.8, 4) is 6.07 Å². The zero-order valence-electron chi connectivity index (χ0n) is 16.0. The fourth-order valence-electron chi connectivity index (χ4n) is 2.85. The number of amides is 1. The van der Waals surface area contributed by atoms with Crippen molar-refractivity contribution in [1.82, 2.24) is 5.32 Å². The molecule has 1 N–H and O–H groups in total. The van der Waals surface area contributed by atoms with Gasteiger partial charge in [-0.3, -0.25) is 4.79 Å². The van der Waals surface area contributed by atoms with Gasteiger partial charge in [0.2, 0.25) is 5.91 Å². The van der Waals surface area contributed by atoms with Crippen LogP contribution in [0.5, 0.6) is 0 Å². The van der Waals surface area contributed by atoms with Crippen molar-refractivity contribution in [2.45, 2.75) is 38.9 Å². The minimum Gasteiger partial charge on any atom is -0.360 e. The number of nitrogens with zero attached hydrogens (tertiary/aromatic N) is 1. The molecule has 0 heterocycles. The van der Waals surface area contributed by atoms with Crippen LogP contribution in [0.25, 0.3) is 0 Å². The Balaban J connectivity index is 2.26. The number of hydrogen-bond donors (Lipinski definition) is 1. The first-order valence-corrected chi connectivity index (χ1v) is 10.4. The summed E-state index contributed by atoms with van der Waals surface area (Å²) in [5.41, 5.74) is 2.05. The Bertz CT molecular complexity index is 801. The molecule has 2 atom stereocenters. The van der Waals surface area contributed by atoms with Crippen LogP contribution in [0, 0.1) is 17.2 Å². The summed E-state index contributed by atoms with van der Waals surface area (Å²) in [7, 11) is 0. The summed E-state index contributed by atoms with van der Waals surface area (Å²) in [6.07, 6.45) is 0.254. The van der Waals surface area contributed by atoms with Gasteiger partial charge in [-0.15, -0.1) is 0 Å². The summed E-state index contributed by atoms with van der Waals surface area (Å²) < 4.78 is 7.29. The van der Waals surface area contributed by atoms with Crippen LogP contribution in [0.2, 0.25) is 5.02 Å². The Hall–Kier alpha value is -1.87. The van der Waals surface area contributed by atoms with Crippen LogP contribution in [0.3, 0.4) is 0 Å². The van der Waals surface area contributed by atoms with E-state index in [-0.39, 0.29) is 24.5 Å². The van der Waals surface area contributed by atoms with E-state index in [0.717, 1.165) is 15.6 Å². The molecule has 0 radical (unpaired) electrons. The molecule has 28 heavy (non-hydrogen) atoms. The summed E-state index contributed by atoms with van der Waals surface area (Å²) in [5, 5.41) is 12.1. The fraction of sp³-hybridized carbons (Fsp3) is 0.364. The molecule has 2 aromatic carbocycles. The van der Waals surface area contributed by atoms with Gasteiger partial charge < -0.3 is 10.1 Å². The lowest BCUT2D eigenvalue weighted by Gasteiger charge is -2.26. The quantitative estimate of drug-likeness (QED) is 0.502. The molecule has 4 nitrogen and oxygen atoms in total. The summed E-state index contributed by atoms with van der Waals surface area (Å²) in [6, 6.07) is 17.5. The third-order valence-corrected chi connectivity index (χ3v) is 5.00. The molecule has 0 aliphatic carbocycles. The van der Waals surface area contributed by atoms with Crippen LogP contribution in [-0.2, 0) is 16.0 Å². The summed E-state index contributed by atoms with van der Waals surface area (Å²) in [4.78, 5) is 12.5. The van der Waals surface area contributed by atoms with Crippen molar-refractivity contribution < 1.29 is 9.53 Å². The maximum absolute atomic E-state index is 12.5. The third kappa shape index (κ3) is 7.27. The molecule has 0 fully saturated rings. The monoisotopic (exact) mass is 462 g/mol. The van der Waals surface area contributed by atoms with E-state index >= 15 is 0 Å². The van der Waals surface area contributed by atoms with Crippen LogP contribution in [0.15, 0.2) is 53.0 Å². The van der Waals surface area contributed by atoms with E-state index in [1.807, 2.05) is 68.4 Å². The van der Waals surface area contributed by atoms with Gasteiger partial charge in [-0.1, -0.05) is 65.6 Å². The van der Waals surface area contributed by atoms with E-state index in [9.17, 15) is 4.79 Å². The largest absolute Gasteiger partial charge is 0.360 e. The molecule has 0 aliphatic heterocycles. The van der Waals surface area contributed by atoms with Gasteiger partial charge in [-0.25, -0.2) is 0 Å². The number of ether oxygens (including phenoxy) is 1. The van der Waals surface area contributed by atoms with Crippen molar-refractivity contribution in [2.75, 3.05) is 6.54 Å². The Morgan fingerprint density at radius 1 is 1.18 bits per heavy atom. The number of benzene rings is 2. The number of carbonyl (C=O) groups is 1. The molecular weight excluding hydrogens is 440 g/mol. The van der Waals surface area contributed by atoms with E-state index in [2.05, 4.69) is 21.2 Å². The minimum absolute atomic E-state index is 0.0308. The Morgan fingerprint density at radius 2 is 1.82 bits per heavy atom. The molecular formula is C22H24BrClN2O2. The number of hydrogen-bond acceptors (Lipinski definition) is 3. The fourth-order valence-corrected chi connectivity index (χ4v) is 3.24. The number of halogens is 2. The number of rotatable bonds is 9. The van der Waals surface area contributed by atoms with Gasteiger partial charge in [0.25, 0.3) is 0 Å². The second-order valence-electron chi connectivity index (χ2n) is 7.00. The lowest BCUT2D eigenvalue weighted by Crippen LogP contribution is -2.38. The molecule has 6 heteroatoms. The molecule has 2 aromatic rings. The predicted molar refractivity (Wildman–Crippen MR) is 115 cm³/mol. The van der Waals surface area contributed by atoms with Crippen molar-refractivity contribution in [3.63, 3.8) is 0 Å². The van der Waals surface area contributed by atoms with Crippen molar-refractivity contribution in [1.29, 1.82) is 5.26 Å². The van der Waals surface area contributed by atoms with Crippen LogP contribution in [-0.4, -0.2) is 18.6 Å². The van der Waals surface area contributed by atoms with E-state index in [4.69, 9.17) is 21.6 Å². The van der Waals surface area contributed by atoms with E-state index in [1.54, 1.807) is 0 Å². The topological polar surface area (TPSA) is 62.1 Å². The third-order valence-electron chi connectivity index (χ3n) is 4.22.